The number of ether oxygens (including phenoxy) is 2. The average molecular weight is 217 g/mol. The highest BCUT2D eigenvalue weighted by molar-refractivity contribution is 7.80. The second kappa shape index (κ2) is 3.31. The van der Waals surface area contributed by atoms with Gasteiger partial charge in [-0.1, -0.05) is 17.7 Å². The van der Waals surface area contributed by atoms with E-state index in [4.69, 9.17) is 21.1 Å². The first-order valence-electron chi connectivity index (χ1n) is 3.91. The first-order valence-corrected chi connectivity index (χ1v) is 4.80. The predicted octanol–water partition coefficient (Wildman–Crippen LogP) is 2.71. The summed E-state index contributed by atoms with van der Waals surface area (Å²) in [6.07, 6.45) is 0. The molecule has 0 fully saturated rings. The first-order chi connectivity index (χ1) is 6.24. The molecule has 0 amide bonds. The fourth-order valence-corrected chi connectivity index (χ4v) is 1.95. The lowest BCUT2D eigenvalue weighted by Gasteiger charge is -2.06. The molecule has 2 nitrogen and oxygen atoms in total. The van der Waals surface area contributed by atoms with E-state index in [1.54, 1.807) is 7.11 Å². The number of hydrogen-bond donors (Lipinski definition) is 1. The van der Waals surface area contributed by atoms with Gasteiger partial charge in [-0.15, -0.1) is 0 Å². The summed E-state index contributed by atoms with van der Waals surface area (Å²) >= 11 is 10.4. The predicted molar refractivity (Wildman–Crippen MR) is 55.2 cm³/mol. The highest BCUT2D eigenvalue weighted by Crippen LogP contribution is 2.45. The third kappa shape index (κ3) is 1.36. The summed E-state index contributed by atoms with van der Waals surface area (Å²) in [7, 11) is 1.58. The topological polar surface area (TPSA) is 18.5 Å². The van der Waals surface area contributed by atoms with Crippen molar-refractivity contribution in [2.24, 2.45) is 0 Å². The molecule has 0 spiro atoms. The lowest BCUT2D eigenvalue weighted by Crippen LogP contribution is -1.90. The minimum Gasteiger partial charge on any atom is -0.495 e. The van der Waals surface area contributed by atoms with E-state index < -0.39 is 0 Å². The second-order valence-corrected chi connectivity index (χ2v) is 3.83. The molecular formula is C9H9ClO2S. The van der Waals surface area contributed by atoms with Gasteiger partial charge in [0.25, 0.3) is 0 Å². The second-order valence-electron chi connectivity index (χ2n) is 2.83. The molecule has 1 atom stereocenters. The fourth-order valence-electron chi connectivity index (χ4n) is 1.37. The van der Waals surface area contributed by atoms with Crippen LogP contribution in [0.4, 0.5) is 0 Å². The van der Waals surface area contributed by atoms with Crippen LogP contribution in [0.25, 0.3) is 0 Å². The number of benzene rings is 1. The smallest absolute Gasteiger partial charge is 0.146 e. The van der Waals surface area contributed by atoms with Gasteiger partial charge in [-0.3, -0.25) is 0 Å². The van der Waals surface area contributed by atoms with Crippen molar-refractivity contribution in [1.29, 1.82) is 0 Å². The maximum absolute atomic E-state index is 6.04. The molecule has 1 aliphatic rings. The zero-order valence-electron chi connectivity index (χ0n) is 7.08. The molecule has 0 N–H and O–H groups in total. The van der Waals surface area contributed by atoms with Crippen molar-refractivity contribution in [2.45, 2.75) is 5.25 Å². The third-order valence-corrected chi connectivity index (χ3v) is 2.84. The third-order valence-electron chi connectivity index (χ3n) is 2.06. The van der Waals surface area contributed by atoms with E-state index in [0.717, 1.165) is 5.56 Å². The van der Waals surface area contributed by atoms with Crippen molar-refractivity contribution in [2.75, 3.05) is 13.7 Å². The Labute approximate surface area is 87.2 Å². The minimum absolute atomic E-state index is 0.124. The van der Waals surface area contributed by atoms with Crippen LogP contribution in [0.5, 0.6) is 11.5 Å². The van der Waals surface area contributed by atoms with E-state index in [2.05, 4.69) is 12.6 Å². The quantitative estimate of drug-likeness (QED) is 0.728. The van der Waals surface area contributed by atoms with Crippen molar-refractivity contribution in [3.63, 3.8) is 0 Å². The van der Waals surface area contributed by atoms with Crippen LogP contribution >= 0.6 is 24.2 Å². The molecule has 0 aromatic heterocycles. The summed E-state index contributed by atoms with van der Waals surface area (Å²) in [5, 5.41) is 0.662. The molecule has 0 saturated carbocycles. The van der Waals surface area contributed by atoms with Crippen LogP contribution in [0.2, 0.25) is 5.02 Å². The summed E-state index contributed by atoms with van der Waals surface area (Å²) in [6.45, 7) is 0.575. The van der Waals surface area contributed by atoms with Gasteiger partial charge in [0.2, 0.25) is 0 Å². The molecule has 2 rings (SSSR count). The molecule has 1 aromatic carbocycles. The Morgan fingerprint density at radius 3 is 3.08 bits per heavy atom. The van der Waals surface area contributed by atoms with Crippen LogP contribution in [-0.4, -0.2) is 13.7 Å². The largest absolute Gasteiger partial charge is 0.495 e. The van der Waals surface area contributed by atoms with Crippen LogP contribution in [-0.2, 0) is 0 Å². The maximum Gasteiger partial charge on any atom is 0.146 e. The normalized spacial score (nSPS) is 19.5. The zero-order chi connectivity index (χ0) is 9.42. The van der Waals surface area contributed by atoms with Crippen molar-refractivity contribution >= 4 is 24.2 Å². The van der Waals surface area contributed by atoms with Gasteiger partial charge in [0.05, 0.1) is 12.4 Å². The van der Waals surface area contributed by atoms with Gasteiger partial charge in [-0.05, 0) is 6.07 Å². The van der Waals surface area contributed by atoms with E-state index in [9.17, 15) is 0 Å². The van der Waals surface area contributed by atoms with Gasteiger partial charge >= 0.3 is 0 Å². The monoisotopic (exact) mass is 216 g/mol. The molecule has 1 heterocycles. The van der Waals surface area contributed by atoms with E-state index in [-0.39, 0.29) is 5.25 Å². The van der Waals surface area contributed by atoms with Crippen molar-refractivity contribution in [3.8, 4) is 11.5 Å². The summed E-state index contributed by atoms with van der Waals surface area (Å²) in [5.74, 6) is 1.35. The van der Waals surface area contributed by atoms with Gasteiger partial charge in [0.15, 0.2) is 0 Å². The highest BCUT2D eigenvalue weighted by Gasteiger charge is 2.25. The summed E-state index contributed by atoms with van der Waals surface area (Å²) in [5.41, 5.74) is 1.04. The molecule has 0 bridgehead atoms. The molecule has 0 aliphatic carbocycles. The summed E-state index contributed by atoms with van der Waals surface area (Å²) < 4.78 is 10.5. The molecule has 0 radical (unpaired) electrons. The maximum atomic E-state index is 6.04. The summed E-state index contributed by atoms with van der Waals surface area (Å²) in [6, 6.07) is 3.77. The zero-order valence-corrected chi connectivity index (χ0v) is 8.73. The standard InChI is InChI=1S/C9H9ClO2S/c1-11-6-3-2-5-7(13)4-12-9(5)8(6)10/h2-3,7,13H,4H2,1H3. The van der Waals surface area contributed by atoms with Crippen molar-refractivity contribution in [3.05, 3.63) is 22.7 Å². The van der Waals surface area contributed by atoms with E-state index in [1.165, 1.54) is 0 Å². The van der Waals surface area contributed by atoms with Gasteiger partial charge in [0, 0.05) is 5.56 Å². The van der Waals surface area contributed by atoms with Crippen LogP contribution in [0.15, 0.2) is 12.1 Å². The Bertz CT molecular complexity index is 341. The SMILES string of the molecule is COc1ccc2c(c1Cl)OCC2S. The Hall–Kier alpha value is -0.540. The van der Waals surface area contributed by atoms with Gasteiger partial charge in [0.1, 0.15) is 23.1 Å². The van der Waals surface area contributed by atoms with E-state index in [1.807, 2.05) is 12.1 Å². The molecule has 4 heteroatoms. The molecule has 70 valence electrons. The van der Waals surface area contributed by atoms with Gasteiger partial charge in [-0.25, -0.2) is 0 Å². The number of thiol groups is 1. The van der Waals surface area contributed by atoms with E-state index >= 15 is 0 Å². The average Bonchev–Trinajstić information content (AvgIpc) is 2.50. The summed E-state index contributed by atoms with van der Waals surface area (Å²) in [4.78, 5) is 0. The number of hydrogen-bond acceptors (Lipinski definition) is 3. The molecule has 13 heavy (non-hydrogen) atoms. The van der Waals surface area contributed by atoms with Crippen LogP contribution in [0, 0.1) is 0 Å². The number of rotatable bonds is 1. The number of halogens is 1. The van der Waals surface area contributed by atoms with Gasteiger partial charge in [-0.2, -0.15) is 12.6 Å². The Morgan fingerprint density at radius 2 is 2.38 bits per heavy atom. The fraction of sp³-hybridized carbons (Fsp3) is 0.333. The first kappa shape index (κ1) is 9.03. The van der Waals surface area contributed by atoms with E-state index in [0.29, 0.717) is 23.1 Å². The molecule has 1 unspecified atom stereocenters. The van der Waals surface area contributed by atoms with Crippen LogP contribution in [0.3, 0.4) is 0 Å². The molecule has 0 saturated heterocycles. The lowest BCUT2D eigenvalue weighted by atomic mass is 10.1. The van der Waals surface area contributed by atoms with Crippen LogP contribution in [0.1, 0.15) is 10.8 Å². The number of fused-ring (bicyclic) bond motifs is 1. The van der Waals surface area contributed by atoms with Crippen molar-refractivity contribution in [1.82, 2.24) is 0 Å². The molecular weight excluding hydrogens is 208 g/mol. The molecule has 1 aliphatic heterocycles. The lowest BCUT2D eigenvalue weighted by molar-refractivity contribution is 0.351. The Kier molecular flexibility index (Phi) is 2.30. The molecule has 1 aromatic rings. The minimum atomic E-state index is 0.124. The van der Waals surface area contributed by atoms with Gasteiger partial charge < -0.3 is 9.47 Å². The van der Waals surface area contributed by atoms with Crippen LogP contribution < -0.4 is 9.47 Å². The highest BCUT2D eigenvalue weighted by atomic mass is 35.5. The Morgan fingerprint density at radius 1 is 1.62 bits per heavy atom. The number of methoxy groups -OCH3 is 1. The van der Waals surface area contributed by atoms with Crippen molar-refractivity contribution < 1.29 is 9.47 Å². The Balaban J connectivity index is 2.54.